The van der Waals surface area contributed by atoms with Crippen molar-refractivity contribution in [3.63, 3.8) is 0 Å². The molecule has 1 aliphatic heterocycles. The van der Waals surface area contributed by atoms with E-state index >= 15 is 0 Å². The quantitative estimate of drug-likeness (QED) is 0.733. The van der Waals surface area contributed by atoms with E-state index in [-0.39, 0.29) is 29.5 Å². The Hall–Kier alpha value is -0.620. The molecule has 1 aliphatic rings. The van der Waals surface area contributed by atoms with E-state index in [0.29, 0.717) is 19.4 Å². The van der Waals surface area contributed by atoms with Crippen molar-refractivity contribution in [2.75, 3.05) is 18.1 Å². The molecule has 1 rings (SSSR count). The zero-order valence-electron chi connectivity index (χ0n) is 12.7. The minimum Gasteiger partial charge on any atom is -0.339 e. The predicted molar refractivity (Wildman–Crippen MR) is 81.2 cm³/mol. The minimum atomic E-state index is -2.96. The fourth-order valence-corrected chi connectivity index (χ4v) is 4.41. The highest BCUT2D eigenvalue weighted by Crippen LogP contribution is 2.20. The highest BCUT2D eigenvalue weighted by molar-refractivity contribution is 7.91. The molecule has 1 fully saturated rings. The Kier molecular flexibility index (Phi) is 6.95. The molecule has 0 aromatic heterocycles. The summed E-state index contributed by atoms with van der Waals surface area (Å²) in [5, 5.41) is 0. The molecular formula is C14H28N2O3S. The van der Waals surface area contributed by atoms with Crippen LogP contribution >= 0.6 is 0 Å². The normalized spacial score (nSPS) is 22.6. The van der Waals surface area contributed by atoms with Crippen LogP contribution in [0.25, 0.3) is 0 Å². The lowest BCUT2D eigenvalue weighted by atomic mass is 10.1. The van der Waals surface area contributed by atoms with Crippen LogP contribution < -0.4 is 5.73 Å². The molecule has 6 heteroatoms. The number of hydrogen-bond donors (Lipinski definition) is 1. The average Bonchev–Trinajstić information content (AvgIpc) is 2.70. The molecule has 0 bridgehead atoms. The lowest BCUT2D eigenvalue weighted by Crippen LogP contribution is -2.43. The highest BCUT2D eigenvalue weighted by Gasteiger charge is 2.34. The first-order valence-corrected chi connectivity index (χ1v) is 9.47. The fraction of sp³-hybridized carbons (Fsp3) is 0.929. The van der Waals surface area contributed by atoms with Crippen LogP contribution in [0.2, 0.25) is 0 Å². The second-order valence-corrected chi connectivity index (χ2v) is 7.98. The van der Waals surface area contributed by atoms with E-state index in [2.05, 4.69) is 6.92 Å². The van der Waals surface area contributed by atoms with Gasteiger partial charge in [0.15, 0.2) is 9.84 Å². The Balaban J connectivity index is 2.66. The maximum atomic E-state index is 12.4. The standard InChI is InChI=1S/C14H28N2O3S/c1-3-5-8-16(13-7-9-20(18,19)11-13)14(17)10-12(15)6-4-2/h12-13H,3-11,15H2,1-2H3. The first kappa shape index (κ1) is 17.4. The molecule has 20 heavy (non-hydrogen) atoms. The zero-order chi connectivity index (χ0) is 15.2. The van der Waals surface area contributed by atoms with Crippen molar-refractivity contribution in [1.29, 1.82) is 0 Å². The molecule has 0 aromatic rings. The van der Waals surface area contributed by atoms with Crippen molar-refractivity contribution in [1.82, 2.24) is 4.90 Å². The van der Waals surface area contributed by atoms with Gasteiger partial charge in [-0.3, -0.25) is 4.79 Å². The van der Waals surface area contributed by atoms with Gasteiger partial charge in [0.05, 0.1) is 11.5 Å². The third kappa shape index (κ3) is 5.40. The Morgan fingerprint density at radius 2 is 2.05 bits per heavy atom. The monoisotopic (exact) mass is 304 g/mol. The lowest BCUT2D eigenvalue weighted by molar-refractivity contribution is -0.133. The van der Waals surface area contributed by atoms with Crippen molar-refractivity contribution >= 4 is 15.7 Å². The second-order valence-electron chi connectivity index (χ2n) is 5.75. The minimum absolute atomic E-state index is 0.0153. The Morgan fingerprint density at radius 3 is 2.55 bits per heavy atom. The number of amides is 1. The van der Waals surface area contributed by atoms with Crippen molar-refractivity contribution in [3.8, 4) is 0 Å². The summed E-state index contributed by atoms with van der Waals surface area (Å²) in [6.07, 6.45) is 4.59. The van der Waals surface area contributed by atoms with Crippen molar-refractivity contribution < 1.29 is 13.2 Å². The van der Waals surface area contributed by atoms with E-state index < -0.39 is 9.84 Å². The molecule has 2 atom stereocenters. The van der Waals surface area contributed by atoms with Crippen LogP contribution in [0.5, 0.6) is 0 Å². The van der Waals surface area contributed by atoms with Crippen LogP contribution in [0, 0.1) is 0 Å². The van der Waals surface area contributed by atoms with Gasteiger partial charge in [-0.15, -0.1) is 0 Å². The summed E-state index contributed by atoms with van der Waals surface area (Å²) in [5.41, 5.74) is 5.94. The van der Waals surface area contributed by atoms with Gasteiger partial charge in [0.1, 0.15) is 0 Å². The molecule has 0 spiro atoms. The number of sulfone groups is 1. The molecule has 5 nitrogen and oxygen atoms in total. The van der Waals surface area contributed by atoms with E-state index in [0.717, 1.165) is 25.7 Å². The van der Waals surface area contributed by atoms with Crippen molar-refractivity contribution in [3.05, 3.63) is 0 Å². The van der Waals surface area contributed by atoms with Gasteiger partial charge >= 0.3 is 0 Å². The second kappa shape index (κ2) is 7.98. The van der Waals surface area contributed by atoms with E-state index in [1.807, 2.05) is 6.92 Å². The molecule has 1 amide bonds. The number of rotatable bonds is 8. The Labute approximate surface area is 122 Å². The number of carbonyl (C=O) groups excluding carboxylic acids is 1. The molecule has 118 valence electrons. The van der Waals surface area contributed by atoms with E-state index in [9.17, 15) is 13.2 Å². The van der Waals surface area contributed by atoms with E-state index in [1.165, 1.54) is 0 Å². The van der Waals surface area contributed by atoms with Gasteiger partial charge in [0, 0.05) is 25.0 Å². The van der Waals surface area contributed by atoms with Crippen LogP contribution in [-0.4, -0.2) is 49.4 Å². The van der Waals surface area contributed by atoms with Gasteiger partial charge in [-0.05, 0) is 19.3 Å². The van der Waals surface area contributed by atoms with Crippen LogP contribution in [-0.2, 0) is 14.6 Å². The van der Waals surface area contributed by atoms with Gasteiger partial charge < -0.3 is 10.6 Å². The first-order valence-electron chi connectivity index (χ1n) is 7.65. The van der Waals surface area contributed by atoms with Gasteiger partial charge in [0.2, 0.25) is 5.91 Å². The molecule has 1 saturated heterocycles. The molecule has 2 unspecified atom stereocenters. The third-order valence-corrected chi connectivity index (χ3v) is 5.57. The molecular weight excluding hydrogens is 276 g/mol. The van der Waals surface area contributed by atoms with Crippen molar-refractivity contribution in [2.45, 2.75) is 64.5 Å². The summed E-state index contributed by atoms with van der Waals surface area (Å²) in [6.45, 7) is 4.76. The molecule has 1 heterocycles. The predicted octanol–water partition coefficient (Wildman–Crippen LogP) is 1.32. The summed E-state index contributed by atoms with van der Waals surface area (Å²) in [6, 6.07) is -0.262. The Morgan fingerprint density at radius 1 is 1.35 bits per heavy atom. The summed E-state index contributed by atoms with van der Waals surface area (Å²) >= 11 is 0. The summed E-state index contributed by atoms with van der Waals surface area (Å²) < 4.78 is 23.2. The summed E-state index contributed by atoms with van der Waals surface area (Å²) in [7, 11) is -2.96. The maximum absolute atomic E-state index is 12.4. The van der Waals surface area contributed by atoms with Gasteiger partial charge in [0.25, 0.3) is 0 Å². The fourth-order valence-electron chi connectivity index (χ4n) is 2.67. The molecule has 0 aliphatic carbocycles. The molecule has 0 saturated carbocycles. The van der Waals surface area contributed by atoms with E-state index in [1.54, 1.807) is 4.90 Å². The SMILES string of the molecule is CCCCN(C(=O)CC(N)CCC)C1CCS(=O)(=O)C1. The average molecular weight is 304 g/mol. The number of nitrogens with zero attached hydrogens (tertiary/aromatic N) is 1. The summed E-state index contributed by atoms with van der Waals surface area (Å²) in [5.74, 6) is 0.335. The number of unbranched alkanes of at least 4 members (excludes halogenated alkanes) is 1. The van der Waals surface area contributed by atoms with Crippen molar-refractivity contribution in [2.24, 2.45) is 5.73 Å². The summed E-state index contributed by atoms with van der Waals surface area (Å²) in [4.78, 5) is 14.2. The zero-order valence-corrected chi connectivity index (χ0v) is 13.5. The van der Waals surface area contributed by atoms with Gasteiger partial charge in [-0.2, -0.15) is 0 Å². The van der Waals surface area contributed by atoms with Crippen LogP contribution in [0.3, 0.4) is 0 Å². The number of carbonyl (C=O) groups is 1. The lowest BCUT2D eigenvalue weighted by Gasteiger charge is -2.29. The first-order chi connectivity index (χ1) is 9.39. The molecule has 2 N–H and O–H groups in total. The van der Waals surface area contributed by atoms with Gasteiger partial charge in [-0.25, -0.2) is 8.42 Å². The molecule has 0 radical (unpaired) electrons. The van der Waals surface area contributed by atoms with E-state index in [4.69, 9.17) is 5.73 Å². The highest BCUT2D eigenvalue weighted by atomic mass is 32.2. The van der Waals surface area contributed by atoms with Crippen LogP contribution in [0.1, 0.15) is 52.4 Å². The number of nitrogens with two attached hydrogens (primary N) is 1. The maximum Gasteiger partial charge on any atom is 0.224 e. The third-order valence-electron chi connectivity index (χ3n) is 3.82. The van der Waals surface area contributed by atoms with Crippen LogP contribution in [0.4, 0.5) is 0 Å². The smallest absolute Gasteiger partial charge is 0.224 e. The number of hydrogen-bond acceptors (Lipinski definition) is 4. The topological polar surface area (TPSA) is 80.5 Å². The van der Waals surface area contributed by atoms with Crippen LogP contribution in [0.15, 0.2) is 0 Å². The Bertz CT molecular complexity index is 409. The largest absolute Gasteiger partial charge is 0.339 e. The van der Waals surface area contributed by atoms with Gasteiger partial charge in [-0.1, -0.05) is 26.7 Å². The molecule has 0 aromatic carbocycles.